The van der Waals surface area contributed by atoms with E-state index in [1.165, 1.54) is 4.68 Å². The number of esters is 1. The summed E-state index contributed by atoms with van der Waals surface area (Å²) in [6.07, 6.45) is 0. The van der Waals surface area contributed by atoms with E-state index >= 15 is 0 Å². The minimum absolute atomic E-state index is 0.0371. The van der Waals surface area contributed by atoms with Crippen LogP contribution in [-0.2, 0) is 11.3 Å². The first-order valence-corrected chi connectivity index (χ1v) is 5.87. The van der Waals surface area contributed by atoms with Gasteiger partial charge in [-0.15, -0.1) is 5.10 Å². The van der Waals surface area contributed by atoms with E-state index < -0.39 is 0 Å². The molecular formula is C14H11N3O2. The maximum atomic E-state index is 11.8. The molecule has 3 rings (SSSR count). The Morgan fingerprint density at radius 3 is 2.63 bits per heavy atom. The molecule has 1 aromatic heterocycles. The average molecular weight is 253 g/mol. The fraction of sp³-hybridized carbons (Fsp3) is 0.0714. The number of benzene rings is 2. The molecule has 0 spiro atoms. The zero-order chi connectivity index (χ0) is 13.1. The van der Waals surface area contributed by atoms with Crippen molar-refractivity contribution in [1.82, 2.24) is 15.0 Å². The van der Waals surface area contributed by atoms with Gasteiger partial charge >= 0.3 is 5.97 Å². The van der Waals surface area contributed by atoms with Gasteiger partial charge in [0.25, 0.3) is 0 Å². The summed E-state index contributed by atoms with van der Waals surface area (Å²) in [5, 5.41) is 7.93. The Hall–Kier alpha value is -2.69. The molecule has 0 saturated carbocycles. The van der Waals surface area contributed by atoms with E-state index in [9.17, 15) is 4.79 Å². The maximum absolute atomic E-state index is 11.8. The summed E-state index contributed by atoms with van der Waals surface area (Å²) < 4.78 is 6.74. The molecule has 1 heterocycles. The SMILES string of the molecule is O=C(Cn1nnc2ccccc21)Oc1ccccc1. The van der Waals surface area contributed by atoms with Gasteiger partial charge in [-0.2, -0.15) is 0 Å². The van der Waals surface area contributed by atoms with E-state index in [-0.39, 0.29) is 12.5 Å². The Labute approximate surface area is 109 Å². The van der Waals surface area contributed by atoms with Gasteiger partial charge in [0.15, 0.2) is 0 Å². The molecule has 0 bridgehead atoms. The fourth-order valence-corrected chi connectivity index (χ4v) is 1.81. The molecule has 5 heteroatoms. The molecule has 3 aromatic rings. The van der Waals surface area contributed by atoms with Gasteiger partial charge < -0.3 is 4.74 Å². The minimum atomic E-state index is -0.373. The van der Waals surface area contributed by atoms with Crippen LogP contribution in [0.4, 0.5) is 0 Å². The lowest BCUT2D eigenvalue weighted by Crippen LogP contribution is -2.17. The summed E-state index contributed by atoms with van der Waals surface area (Å²) in [5.74, 6) is 0.152. The van der Waals surface area contributed by atoms with Crippen LogP contribution in [0, 0.1) is 0 Å². The van der Waals surface area contributed by atoms with Crippen LogP contribution in [0.3, 0.4) is 0 Å². The lowest BCUT2D eigenvalue weighted by molar-refractivity contribution is -0.135. The molecule has 0 saturated heterocycles. The average Bonchev–Trinajstić information content (AvgIpc) is 2.83. The van der Waals surface area contributed by atoms with Crippen molar-refractivity contribution in [1.29, 1.82) is 0 Å². The monoisotopic (exact) mass is 253 g/mol. The highest BCUT2D eigenvalue weighted by Gasteiger charge is 2.10. The van der Waals surface area contributed by atoms with Crippen LogP contribution in [0.5, 0.6) is 5.75 Å². The van der Waals surface area contributed by atoms with E-state index in [1.54, 1.807) is 12.1 Å². The number of carbonyl (C=O) groups is 1. The summed E-state index contributed by atoms with van der Waals surface area (Å²) in [5.41, 5.74) is 1.57. The molecular weight excluding hydrogens is 242 g/mol. The van der Waals surface area contributed by atoms with Crippen LogP contribution in [0.25, 0.3) is 11.0 Å². The minimum Gasteiger partial charge on any atom is -0.425 e. The van der Waals surface area contributed by atoms with Gasteiger partial charge in [0, 0.05) is 0 Å². The molecule has 0 unspecified atom stereocenters. The number of para-hydroxylation sites is 2. The number of nitrogens with zero attached hydrogens (tertiary/aromatic N) is 3. The Kier molecular flexibility index (Phi) is 2.94. The van der Waals surface area contributed by atoms with Crippen LogP contribution in [-0.4, -0.2) is 21.0 Å². The second-order valence-electron chi connectivity index (χ2n) is 4.02. The first-order valence-electron chi connectivity index (χ1n) is 5.87. The molecule has 0 aliphatic heterocycles. The second kappa shape index (κ2) is 4.89. The molecule has 0 atom stereocenters. The number of rotatable bonds is 3. The lowest BCUT2D eigenvalue weighted by atomic mass is 10.3. The van der Waals surface area contributed by atoms with Crippen molar-refractivity contribution in [3.8, 4) is 5.75 Å². The van der Waals surface area contributed by atoms with Gasteiger partial charge in [0.2, 0.25) is 0 Å². The molecule has 2 aromatic carbocycles. The number of hydrogen-bond donors (Lipinski definition) is 0. The Morgan fingerprint density at radius 2 is 1.79 bits per heavy atom. The van der Waals surface area contributed by atoms with Crippen molar-refractivity contribution >= 4 is 17.0 Å². The largest absolute Gasteiger partial charge is 0.425 e. The smallest absolute Gasteiger partial charge is 0.333 e. The van der Waals surface area contributed by atoms with E-state index in [1.807, 2.05) is 42.5 Å². The number of ether oxygens (including phenoxy) is 1. The fourth-order valence-electron chi connectivity index (χ4n) is 1.81. The van der Waals surface area contributed by atoms with Crippen molar-refractivity contribution in [2.45, 2.75) is 6.54 Å². The zero-order valence-corrected chi connectivity index (χ0v) is 10.1. The van der Waals surface area contributed by atoms with Gasteiger partial charge in [-0.3, -0.25) is 0 Å². The molecule has 19 heavy (non-hydrogen) atoms. The quantitative estimate of drug-likeness (QED) is 0.529. The molecule has 0 amide bonds. The molecule has 94 valence electrons. The first kappa shape index (κ1) is 11.4. The summed E-state index contributed by atoms with van der Waals surface area (Å²) in [6, 6.07) is 16.4. The Bertz CT molecular complexity index is 707. The standard InChI is InChI=1S/C14H11N3O2/c18-14(19-11-6-2-1-3-7-11)10-17-13-9-5-4-8-12(13)15-16-17/h1-9H,10H2. The molecule has 0 N–H and O–H groups in total. The molecule has 0 radical (unpaired) electrons. The third-order valence-electron chi connectivity index (χ3n) is 2.67. The van der Waals surface area contributed by atoms with E-state index in [0.717, 1.165) is 11.0 Å². The van der Waals surface area contributed by atoms with Crippen molar-refractivity contribution in [2.24, 2.45) is 0 Å². The highest BCUT2D eigenvalue weighted by atomic mass is 16.5. The summed E-state index contributed by atoms with van der Waals surface area (Å²) in [6.45, 7) is 0.0371. The number of aromatic nitrogens is 3. The van der Waals surface area contributed by atoms with Crippen LogP contribution in [0.2, 0.25) is 0 Å². The predicted octanol–water partition coefficient (Wildman–Crippen LogP) is 2.04. The highest BCUT2D eigenvalue weighted by molar-refractivity contribution is 5.77. The Balaban J connectivity index is 1.76. The molecule has 0 aliphatic carbocycles. The summed E-state index contributed by atoms with van der Waals surface area (Å²) in [4.78, 5) is 11.8. The van der Waals surface area contributed by atoms with Crippen molar-refractivity contribution in [2.75, 3.05) is 0 Å². The predicted molar refractivity (Wildman–Crippen MR) is 69.6 cm³/mol. The van der Waals surface area contributed by atoms with Crippen LogP contribution in [0.15, 0.2) is 54.6 Å². The lowest BCUT2D eigenvalue weighted by Gasteiger charge is -2.04. The third kappa shape index (κ3) is 2.44. The third-order valence-corrected chi connectivity index (χ3v) is 2.67. The number of fused-ring (bicyclic) bond motifs is 1. The van der Waals surface area contributed by atoms with E-state index in [4.69, 9.17) is 4.74 Å². The van der Waals surface area contributed by atoms with Gasteiger partial charge in [-0.05, 0) is 24.3 Å². The van der Waals surface area contributed by atoms with E-state index in [2.05, 4.69) is 10.3 Å². The van der Waals surface area contributed by atoms with Gasteiger partial charge in [0.1, 0.15) is 17.8 Å². The normalized spacial score (nSPS) is 10.5. The molecule has 0 fully saturated rings. The van der Waals surface area contributed by atoms with Crippen molar-refractivity contribution in [3.63, 3.8) is 0 Å². The van der Waals surface area contributed by atoms with Crippen LogP contribution < -0.4 is 4.74 Å². The van der Waals surface area contributed by atoms with Gasteiger partial charge in [-0.1, -0.05) is 35.5 Å². The Morgan fingerprint density at radius 1 is 1.05 bits per heavy atom. The summed E-state index contributed by atoms with van der Waals surface area (Å²) >= 11 is 0. The molecule has 5 nitrogen and oxygen atoms in total. The van der Waals surface area contributed by atoms with Gasteiger partial charge in [0.05, 0.1) is 5.52 Å². The topological polar surface area (TPSA) is 57.0 Å². The maximum Gasteiger partial charge on any atom is 0.333 e. The first-order chi connectivity index (χ1) is 9.33. The van der Waals surface area contributed by atoms with E-state index in [0.29, 0.717) is 5.75 Å². The number of hydrogen-bond acceptors (Lipinski definition) is 4. The zero-order valence-electron chi connectivity index (χ0n) is 10.1. The van der Waals surface area contributed by atoms with Crippen LogP contribution in [0.1, 0.15) is 0 Å². The highest BCUT2D eigenvalue weighted by Crippen LogP contribution is 2.11. The van der Waals surface area contributed by atoms with Crippen LogP contribution >= 0.6 is 0 Å². The van der Waals surface area contributed by atoms with Gasteiger partial charge in [-0.25, -0.2) is 9.48 Å². The molecule has 0 aliphatic rings. The van der Waals surface area contributed by atoms with Crippen molar-refractivity contribution in [3.05, 3.63) is 54.6 Å². The number of carbonyl (C=O) groups excluding carboxylic acids is 1. The summed E-state index contributed by atoms with van der Waals surface area (Å²) in [7, 11) is 0. The van der Waals surface area contributed by atoms with Crippen molar-refractivity contribution < 1.29 is 9.53 Å². The second-order valence-corrected chi connectivity index (χ2v) is 4.02.